The van der Waals surface area contributed by atoms with Gasteiger partial charge in [-0.2, -0.15) is 4.37 Å². The van der Waals surface area contributed by atoms with Crippen LogP contribution in [-0.4, -0.2) is 39.7 Å². The highest BCUT2D eigenvalue weighted by atomic mass is 32.1. The van der Waals surface area contributed by atoms with Crippen LogP contribution in [0.5, 0.6) is 0 Å². The molecule has 0 aliphatic carbocycles. The molecule has 0 amide bonds. The van der Waals surface area contributed by atoms with Gasteiger partial charge in [-0.3, -0.25) is 4.79 Å². The number of hydrogen-bond donors (Lipinski definition) is 2. The van der Waals surface area contributed by atoms with Crippen LogP contribution in [0.4, 0.5) is 5.13 Å². The zero-order valence-corrected chi connectivity index (χ0v) is 8.03. The SMILES string of the molecule is O=C(O)C1COCC1Nc1ncns1. The van der Waals surface area contributed by atoms with Gasteiger partial charge in [-0.1, -0.05) is 0 Å². The second kappa shape index (κ2) is 3.89. The van der Waals surface area contributed by atoms with E-state index in [0.29, 0.717) is 11.7 Å². The first-order valence-corrected chi connectivity index (χ1v) is 4.88. The number of aliphatic carboxylic acids is 1. The summed E-state index contributed by atoms with van der Waals surface area (Å²) in [6, 6.07) is -0.208. The molecule has 2 heterocycles. The number of carbonyl (C=O) groups is 1. The summed E-state index contributed by atoms with van der Waals surface area (Å²) in [5, 5.41) is 12.5. The Hall–Kier alpha value is -1.21. The lowest BCUT2D eigenvalue weighted by atomic mass is 10.1. The van der Waals surface area contributed by atoms with Crippen molar-refractivity contribution < 1.29 is 14.6 Å². The highest BCUT2D eigenvalue weighted by molar-refractivity contribution is 7.09. The second-order valence-electron chi connectivity index (χ2n) is 2.98. The van der Waals surface area contributed by atoms with E-state index in [1.54, 1.807) is 0 Å². The van der Waals surface area contributed by atoms with Crippen LogP contribution in [0.15, 0.2) is 6.33 Å². The van der Waals surface area contributed by atoms with Crippen molar-refractivity contribution in [3.05, 3.63) is 6.33 Å². The third-order valence-electron chi connectivity index (χ3n) is 2.07. The first-order chi connectivity index (χ1) is 6.77. The Morgan fingerprint density at radius 2 is 2.57 bits per heavy atom. The third kappa shape index (κ3) is 1.83. The number of nitrogens with zero attached hydrogens (tertiary/aromatic N) is 2. The van der Waals surface area contributed by atoms with Gasteiger partial charge in [0.05, 0.1) is 19.3 Å². The lowest BCUT2D eigenvalue weighted by Gasteiger charge is -2.13. The Balaban J connectivity index is 2.00. The molecule has 0 aromatic carbocycles. The second-order valence-corrected chi connectivity index (χ2v) is 3.76. The minimum atomic E-state index is -0.843. The Bertz CT molecular complexity index is 316. The maximum Gasteiger partial charge on any atom is 0.311 e. The quantitative estimate of drug-likeness (QED) is 0.741. The number of carboxylic acids is 1. The van der Waals surface area contributed by atoms with Gasteiger partial charge in [-0.25, -0.2) is 4.98 Å². The molecule has 2 unspecified atom stereocenters. The van der Waals surface area contributed by atoms with E-state index in [2.05, 4.69) is 14.7 Å². The topological polar surface area (TPSA) is 84.3 Å². The molecule has 1 aliphatic heterocycles. The summed E-state index contributed by atoms with van der Waals surface area (Å²) in [5.74, 6) is -1.34. The van der Waals surface area contributed by atoms with Gasteiger partial charge in [0.1, 0.15) is 12.2 Å². The van der Waals surface area contributed by atoms with Crippen LogP contribution in [0.25, 0.3) is 0 Å². The summed E-state index contributed by atoms with van der Waals surface area (Å²) in [6.07, 6.45) is 1.43. The molecular formula is C7H9N3O3S. The summed E-state index contributed by atoms with van der Waals surface area (Å²) < 4.78 is 8.91. The molecule has 1 fully saturated rings. The van der Waals surface area contributed by atoms with E-state index in [0.717, 1.165) is 0 Å². The van der Waals surface area contributed by atoms with Gasteiger partial charge in [0, 0.05) is 11.5 Å². The average molecular weight is 215 g/mol. The molecule has 14 heavy (non-hydrogen) atoms. The largest absolute Gasteiger partial charge is 0.481 e. The number of rotatable bonds is 3. The van der Waals surface area contributed by atoms with E-state index in [9.17, 15) is 4.79 Å². The molecule has 0 radical (unpaired) electrons. The summed E-state index contributed by atoms with van der Waals surface area (Å²) in [4.78, 5) is 14.7. The van der Waals surface area contributed by atoms with Crippen molar-refractivity contribution in [1.29, 1.82) is 0 Å². The Morgan fingerprint density at radius 3 is 3.21 bits per heavy atom. The van der Waals surface area contributed by atoms with Crippen LogP contribution >= 0.6 is 11.5 Å². The maximum absolute atomic E-state index is 10.8. The summed E-state index contributed by atoms with van der Waals surface area (Å²) in [7, 11) is 0. The highest BCUT2D eigenvalue weighted by Crippen LogP contribution is 2.19. The van der Waals surface area contributed by atoms with E-state index in [-0.39, 0.29) is 12.6 Å². The molecule has 1 saturated heterocycles. The molecule has 2 N–H and O–H groups in total. The van der Waals surface area contributed by atoms with E-state index < -0.39 is 11.9 Å². The van der Waals surface area contributed by atoms with Crippen molar-refractivity contribution in [2.75, 3.05) is 18.5 Å². The number of aromatic nitrogens is 2. The van der Waals surface area contributed by atoms with Crippen LogP contribution in [0.1, 0.15) is 0 Å². The van der Waals surface area contributed by atoms with Crippen LogP contribution in [0.2, 0.25) is 0 Å². The van der Waals surface area contributed by atoms with Gasteiger partial charge >= 0.3 is 5.97 Å². The monoisotopic (exact) mass is 215 g/mol. The summed E-state index contributed by atoms with van der Waals surface area (Å²) in [5.41, 5.74) is 0. The van der Waals surface area contributed by atoms with E-state index >= 15 is 0 Å². The number of nitrogens with one attached hydrogen (secondary N) is 1. The lowest BCUT2D eigenvalue weighted by molar-refractivity contribution is -0.141. The molecule has 76 valence electrons. The van der Waals surface area contributed by atoms with Gasteiger partial charge < -0.3 is 15.2 Å². The van der Waals surface area contributed by atoms with E-state index in [1.807, 2.05) is 0 Å². The van der Waals surface area contributed by atoms with Gasteiger partial charge in [0.2, 0.25) is 5.13 Å². The number of ether oxygens (including phenoxy) is 1. The molecule has 1 aliphatic rings. The molecule has 0 saturated carbocycles. The van der Waals surface area contributed by atoms with Crippen molar-refractivity contribution in [3.63, 3.8) is 0 Å². The molecule has 1 aromatic rings. The number of anilines is 1. The van der Waals surface area contributed by atoms with Crippen molar-refractivity contribution in [1.82, 2.24) is 9.36 Å². The Morgan fingerprint density at radius 1 is 1.71 bits per heavy atom. The summed E-state index contributed by atoms with van der Waals surface area (Å²) in [6.45, 7) is 0.655. The van der Waals surface area contributed by atoms with Gasteiger partial charge in [0.15, 0.2) is 0 Å². The maximum atomic E-state index is 10.8. The minimum absolute atomic E-state index is 0.208. The highest BCUT2D eigenvalue weighted by Gasteiger charge is 2.34. The molecule has 0 bridgehead atoms. The molecule has 0 spiro atoms. The van der Waals surface area contributed by atoms with Crippen molar-refractivity contribution in [3.8, 4) is 0 Å². The average Bonchev–Trinajstić information content (AvgIpc) is 2.75. The van der Waals surface area contributed by atoms with Gasteiger partial charge in [-0.05, 0) is 0 Å². The van der Waals surface area contributed by atoms with E-state index in [1.165, 1.54) is 17.9 Å². The van der Waals surface area contributed by atoms with Crippen LogP contribution in [0.3, 0.4) is 0 Å². The summed E-state index contributed by atoms with van der Waals surface area (Å²) >= 11 is 1.20. The zero-order chi connectivity index (χ0) is 9.97. The standard InChI is InChI=1S/C7H9N3O3S/c11-6(12)4-1-13-2-5(4)10-7-8-3-9-14-7/h3-5H,1-2H2,(H,11,12)(H,8,9,10). The van der Waals surface area contributed by atoms with E-state index in [4.69, 9.17) is 9.84 Å². The zero-order valence-electron chi connectivity index (χ0n) is 7.21. The van der Waals surface area contributed by atoms with Crippen LogP contribution < -0.4 is 5.32 Å². The molecule has 7 heteroatoms. The number of carboxylic acid groups (broad SMARTS) is 1. The fraction of sp³-hybridized carbons (Fsp3) is 0.571. The smallest absolute Gasteiger partial charge is 0.311 e. The Labute approximate surface area is 84.1 Å². The van der Waals surface area contributed by atoms with Crippen molar-refractivity contribution >= 4 is 22.6 Å². The number of hydrogen-bond acceptors (Lipinski definition) is 6. The van der Waals surface area contributed by atoms with Gasteiger partial charge in [0.25, 0.3) is 0 Å². The molecule has 1 aromatic heterocycles. The predicted molar refractivity (Wildman–Crippen MR) is 49.3 cm³/mol. The third-order valence-corrected chi connectivity index (χ3v) is 2.66. The first kappa shape index (κ1) is 9.35. The fourth-order valence-electron chi connectivity index (χ4n) is 1.34. The van der Waals surface area contributed by atoms with Crippen LogP contribution in [0, 0.1) is 5.92 Å². The van der Waals surface area contributed by atoms with Crippen molar-refractivity contribution in [2.24, 2.45) is 5.92 Å². The van der Waals surface area contributed by atoms with Crippen molar-refractivity contribution in [2.45, 2.75) is 6.04 Å². The lowest BCUT2D eigenvalue weighted by Crippen LogP contribution is -2.33. The first-order valence-electron chi connectivity index (χ1n) is 4.11. The molecule has 6 nitrogen and oxygen atoms in total. The Kier molecular flexibility index (Phi) is 2.60. The van der Waals surface area contributed by atoms with Gasteiger partial charge in [-0.15, -0.1) is 0 Å². The predicted octanol–water partition coefficient (Wildman–Crippen LogP) is 0.0496. The normalized spacial score (nSPS) is 26.3. The molecular weight excluding hydrogens is 206 g/mol. The fourth-order valence-corrected chi connectivity index (χ4v) is 1.83. The minimum Gasteiger partial charge on any atom is -0.481 e. The molecule has 2 atom stereocenters. The molecule has 2 rings (SSSR count). The van der Waals surface area contributed by atoms with Crippen LogP contribution in [-0.2, 0) is 9.53 Å².